The predicted octanol–water partition coefficient (Wildman–Crippen LogP) is 3.76. The van der Waals surface area contributed by atoms with Crippen molar-refractivity contribution in [3.8, 4) is 28.5 Å². The number of carbonyl (C=O) groups excluding carboxylic acids is 1. The summed E-state index contributed by atoms with van der Waals surface area (Å²) in [5.41, 5.74) is 3.67. The van der Waals surface area contributed by atoms with Gasteiger partial charge >= 0.3 is 0 Å². The highest BCUT2D eigenvalue weighted by atomic mass is 32.1. The summed E-state index contributed by atoms with van der Waals surface area (Å²) in [5, 5.41) is 9.24. The molecule has 0 fully saturated rings. The number of nitrogens with zero attached hydrogens (tertiary/aromatic N) is 4. The standard InChI is InChI=1S/C21H17N5O3S/c27-18(6-7-19-25-20(26-29-19)15-3-1-2-9-22-15)24-21-23-16(12-30-21)13-4-5-17-14(11-13)8-10-28-17/h1-5,9,11-12H,6-8,10H2,(H,23,24,27). The third kappa shape index (κ3) is 3.92. The van der Waals surface area contributed by atoms with Gasteiger partial charge < -0.3 is 14.6 Å². The molecule has 0 saturated carbocycles. The molecule has 0 bridgehead atoms. The lowest BCUT2D eigenvalue weighted by Crippen LogP contribution is -2.12. The molecular weight excluding hydrogens is 402 g/mol. The first-order valence-corrected chi connectivity index (χ1v) is 10.4. The van der Waals surface area contributed by atoms with Crippen LogP contribution in [0, 0.1) is 0 Å². The molecule has 30 heavy (non-hydrogen) atoms. The van der Waals surface area contributed by atoms with Crippen LogP contribution in [-0.4, -0.2) is 32.6 Å². The average Bonchev–Trinajstić information content (AvgIpc) is 3.53. The fourth-order valence-electron chi connectivity index (χ4n) is 3.17. The quantitative estimate of drug-likeness (QED) is 0.507. The average molecular weight is 419 g/mol. The van der Waals surface area contributed by atoms with Gasteiger partial charge in [0.1, 0.15) is 11.4 Å². The minimum atomic E-state index is -0.157. The normalized spacial score (nSPS) is 12.4. The molecule has 0 atom stereocenters. The molecule has 1 aliphatic heterocycles. The molecule has 3 aromatic heterocycles. The van der Waals surface area contributed by atoms with Crippen LogP contribution in [0.25, 0.3) is 22.8 Å². The van der Waals surface area contributed by atoms with Crippen molar-refractivity contribution >= 4 is 22.4 Å². The number of aryl methyl sites for hydroxylation is 1. The first kappa shape index (κ1) is 18.4. The van der Waals surface area contributed by atoms with Crippen molar-refractivity contribution in [3.63, 3.8) is 0 Å². The van der Waals surface area contributed by atoms with Gasteiger partial charge in [-0.25, -0.2) is 4.98 Å². The fourth-order valence-corrected chi connectivity index (χ4v) is 3.90. The minimum absolute atomic E-state index is 0.157. The third-order valence-electron chi connectivity index (χ3n) is 4.66. The Morgan fingerprint density at radius 3 is 3.03 bits per heavy atom. The van der Waals surface area contributed by atoms with Gasteiger partial charge in [-0.2, -0.15) is 4.98 Å². The van der Waals surface area contributed by atoms with Gasteiger partial charge in [-0.3, -0.25) is 9.78 Å². The number of anilines is 1. The van der Waals surface area contributed by atoms with Crippen molar-refractivity contribution < 1.29 is 14.1 Å². The predicted molar refractivity (Wildman–Crippen MR) is 111 cm³/mol. The zero-order chi connectivity index (χ0) is 20.3. The molecule has 4 aromatic rings. The summed E-state index contributed by atoms with van der Waals surface area (Å²) >= 11 is 1.40. The Labute approximate surface area is 176 Å². The Morgan fingerprint density at radius 2 is 2.13 bits per heavy atom. The van der Waals surface area contributed by atoms with E-state index in [2.05, 4.69) is 31.5 Å². The lowest BCUT2D eigenvalue weighted by molar-refractivity contribution is -0.116. The topological polar surface area (TPSA) is 103 Å². The van der Waals surface area contributed by atoms with Crippen LogP contribution in [0.4, 0.5) is 5.13 Å². The summed E-state index contributed by atoms with van der Waals surface area (Å²) in [4.78, 5) is 25.3. The molecule has 4 heterocycles. The number of hydrogen-bond donors (Lipinski definition) is 1. The number of benzene rings is 1. The van der Waals surface area contributed by atoms with Gasteiger partial charge in [0.25, 0.3) is 0 Å². The lowest BCUT2D eigenvalue weighted by Gasteiger charge is -2.02. The number of amides is 1. The summed E-state index contributed by atoms with van der Waals surface area (Å²) in [7, 11) is 0. The van der Waals surface area contributed by atoms with Crippen LogP contribution in [0.3, 0.4) is 0 Å². The largest absolute Gasteiger partial charge is 0.493 e. The molecule has 0 spiro atoms. The molecule has 0 radical (unpaired) electrons. The second-order valence-corrected chi connectivity index (χ2v) is 7.59. The van der Waals surface area contributed by atoms with E-state index in [1.807, 2.05) is 29.6 Å². The van der Waals surface area contributed by atoms with Gasteiger partial charge in [0, 0.05) is 36.4 Å². The van der Waals surface area contributed by atoms with Crippen molar-refractivity contribution in [2.45, 2.75) is 19.3 Å². The molecular formula is C21H17N5O3S. The Balaban J connectivity index is 1.18. The van der Waals surface area contributed by atoms with Crippen LogP contribution in [0.15, 0.2) is 52.5 Å². The third-order valence-corrected chi connectivity index (χ3v) is 5.42. The number of thiazole rings is 1. The molecule has 0 saturated heterocycles. The van der Waals surface area contributed by atoms with Crippen LogP contribution < -0.4 is 10.1 Å². The second kappa shape index (κ2) is 8.03. The molecule has 0 unspecified atom stereocenters. The van der Waals surface area contributed by atoms with Gasteiger partial charge in [-0.15, -0.1) is 11.3 Å². The highest BCUT2D eigenvalue weighted by Crippen LogP contribution is 2.32. The molecule has 1 N–H and O–H groups in total. The molecule has 1 aliphatic rings. The molecule has 1 amide bonds. The SMILES string of the molecule is O=C(CCc1nc(-c2ccccn2)no1)Nc1nc(-c2ccc3c(c2)CCO3)cs1. The Bertz CT molecular complexity index is 1190. The van der Waals surface area contributed by atoms with Gasteiger partial charge in [0.2, 0.25) is 17.6 Å². The molecule has 150 valence electrons. The fraction of sp³-hybridized carbons (Fsp3) is 0.190. The Morgan fingerprint density at radius 1 is 1.17 bits per heavy atom. The zero-order valence-corrected chi connectivity index (χ0v) is 16.7. The van der Waals surface area contributed by atoms with E-state index in [1.165, 1.54) is 16.9 Å². The monoisotopic (exact) mass is 419 g/mol. The number of aromatic nitrogens is 4. The first-order chi connectivity index (χ1) is 14.7. The Kier molecular flexibility index (Phi) is 4.94. The minimum Gasteiger partial charge on any atom is -0.493 e. The molecule has 5 rings (SSSR count). The van der Waals surface area contributed by atoms with Crippen LogP contribution in [0.1, 0.15) is 17.9 Å². The highest BCUT2D eigenvalue weighted by Gasteiger charge is 2.15. The summed E-state index contributed by atoms with van der Waals surface area (Å²) in [5.74, 6) is 1.59. The van der Waals surface area contributed by atoms with E-state index in [-0.39, 0.29) is 12.3 Å². The smallest absolute Gasteiger partial charge is 0.227 e. The van der Waals surface area contributed by atoms with Gasteiger partial charge in [0.15, 0.2) is 5.13 Å². The van der Waals surface area contributed by atoms with Crippen molar-refractivity contribution in [1.82, 2.24) is 20.1 Å². The van der Waals surface area contributed by atoms with Crippen molar-refractivity contribution in [1.29, 1.82) is 0 Å². The number of fused-ring (bicyclic) bond motifs is 1. The van der Waals surface area contributed by atoms with E-state index in [9.17, 15) is 4.79 Å². The molecule has 0 aliphatic carbocycles. The maximum atomic E-state index is 12.3. The number of rotatable bonds is 6. The van der Waals surface area contributed by atoms with E-state index in [1.54, 1.807) is 12.3 Å². The van der Waals surface area contributed by atoms with Gasteiger partial charge in [-0.05, 0) is 35.9 Å². The van der Waals surface area contributed by atoms with E-state index in [0.29, 0.717) is 29.0 Å². The summed E-state index contributed by atoms with van der Waals surface area (Å²) in [6.45, 7) is 0.723. The van der Waals surface area contributed by atoms with Crippen molar-refractivity contribution in [2.24, 2.45) is 0 Å². The van der Waals surface area contributed by atoms with Crippen molar-refractivity contribution in [3.05, 3.63) is 59.4 Å². The molecule has 9 heteroatoms. The Hall–Kier alpha value is -3.59. The number of carbonyl (C=O) groups is 1. The molecule has 1 aromatic carbocycles. The van der Waals surface area contributed by atoms with E-state index < -0.39 is 0 Å². The number of pyridine rings is 1. The summed E-state index contributed by atoms with van der Waals surface area (Å²) in [6, 6.07) is 11.5. The lowest BCUT2D eigenvalue weighted by atomic mass is 10.1. The van der Waals surface area contributed by atoms with Crippen LogP contribution in [-0.2, 0) is 17.6 Å². The number of ether oxygens (including phenoxy) is 1. The highest BCUT2D eigenvalue weighted by molar-refractivity contribution is 7.14. The molecule has 8 nitrogen and oxygen atoms in total. The number of nitrogens with one attached hydrogen (secondary N) is 1. The number of hydrogen-bond acceptors (Lipinski definition) is 8. The van der Waals surface area contributed by atoms with Crippen LogP contribution in [0.5, 0.6) is 5.75 Å². The van der Waals surface area contributed by atoms with Crippen molar-refractivity contribution in [2.75, 3.05) is 11.9 Å². The summed E-state index contributed by atoms with van der Waals surface area (Å²) in [6.07, 6.45) is 3.13. The van der Waals surface area contributed by atoms with E-state index in [0.717, 1.165) is 30.0 Å². The van der Waals surface area contributed by atoms with Gasteiger partial charge in [0.05, 0.1) is 12.3 Å². The second-order valence-electron chi connectivity index (χ2n) is 6.73. The maximum Gasteiger partial charge on any atom is 0.227 e. The van der Waals surface area contributed by atoms with Gasteiger partial charge in [-0.1, -0.05) is 11.2 Å². The first-order valence-electron chi connectivity index (χ1n) is 9.50. The van der Waals surface area contributed by atoms with Crippen LogP contribution >= 0.6 is 11.3 Å². The van der Waals surface area contributed by atoms with E-state index in [4.69, 9.17) is 9.26 Å². The van der Waals surface area contributed by atoms with E-state index >= 15 is 0 Å². The van der Waals surface area contributed by atoms with Crippen LogP contribution in [0.2, 0.25) is 0 Å². The summed E-state index contributed by atoms with van der Waals surface area (Å²) < 4.78 is 10.8. The maximum absolute atomic E-state index is 12.3. The zero-order valence-electron chi connectivity index (χ0n) is 15.9.